The van der Waals surface area contributed by atoms with Gasteiger partial charge in [-0.05, 0) is 79.1 Å². The van der Waals surface area contributed by atoms with Crippen LogP contribution in [-0.4, -0.2) is 46.9 Å². The lowest BCUT2D eigenvalue weighted by molar-refractivity contribution is -0.192. The molecule has 1 aromatic carbocycles. The molecule has 3 aliphatic rings. The van der Waals surface area contributed by atoms with Crippen LogP contribution in [0.15, 0.2) is 65.0 Å². The van der Waals surface area contributed by atoms with Crippen LogP contribution in [0, 0.1) is 22.2 Å². The summed E-state index contributed by atoms with van der Waals surface area (Å²) in [5.74, 6) is -1.57. The average Bonchev–Trinajstić information content (AvgIpc) is 2.89. The molecule has 0 aromatic heterocycles. The monoisotopic (exact) mass is 562 g/mol. The number of aliphatic hydroxyl groups excluding tert-OH is 1. The minimum atomic E-state index is -2.04. The zero-order valence-corrected chi connectivity index (χ0v) is 26.1. The number of allylic oxidation sites excluding steroid dienone is 5. The molecule has 4 rings (SSSR count). The highest BCUT2D eigenvalue weighted by Crippen LogP contribution is 2.67. The molecule has 6 heteroatoms. The Labute approximate surface area is 244 Å². The summed E-state index contributed by atoms with van der Waals surface area (Å²) in [6.07, 6.45) is 3.18. The summed E-state index contributed by atoms with van der Waals surface area (Å²) in [4.78, 5) is 45.1. The van der Waals surface area contributed by atoms with Crippen molar-refractivity contribution in [3.8, 4) is 0 Å². The van der Waals surface area contributed by atoms with Gasteiger partial charge < -0.3 is 14.6 Å². The van der Waals surface area contributed by atoms with Crippen LogP contribution in [0.25, 0.3) is 0 Å². The Morgan fingerprint density at radius 2 is 1.63 bits per heavy atom. The highest BCUT2D eigenvalue weighted by Gasteiger charge is 2.77. The van der Waals surface area contributed by atoms with Crippen LogP contribution >= 0.6 is 0 Å². The van der Waals surface area contributed by atoms with Crippen LogP contribution in [0.4, 0.5) is 0 Å². The number of ether oxygens (including phenoxy) is 2. The molecule has 1 aliphatic heterocycles. The highest BCUT2D eigenvalue weighted by molar-refractivity contribution is 6.36. The first-order valence-corrected chi connectivity index (χ1v) is 14.8. The molecule has 1 saturated carbocycles. The van der Waals surface area contributed by atoms with Crippen LogP contribution in [0.2, 0.25) is 0 Å². The topological polar surface area (TPSA) is 89.9 Å². The molecule has 222 valence electrons. The Hall–Kier alpha value is -2.83. The number of fused-ring (bicyclic) bond motifs is 3. The van der Waals surface area contributed by atoms with Crippen molar-refractivity contribution in [2.75, 3.05) is 6.61 Å². The maximum atomic E-state index is 15.3. The van der Waals surface area contributed by atoms with Crippen molar-refractivity contribution < 1.29 is 29.0 Å². The number of Topliss-reactive ketones (excluding diaryl/α,β-unsaturated/α-hetero) is 3. The fourth-order valence-electron chi connectivity index (χ4n) is 7.33. The molecule has 1 aromatic rings. The Morgan fingerprint density at radius 1 is 1.02 bits per heavy atom. The highest BCUT2D eigenvalue weighted by atomic mass is 16.6. The Bertz CT molecular complexity index is 1320. The van der Waals surface area contributed by atoms with E-state index >= 15 is 9.59 Å². The van der Waals surface area contributed by atoms with E-state index in [4.69, 9.17) is 9.47 Å². The van der Waals surface area contributed by atoms with Crippen molar-refractivity contribution in [3.63, 3.8) is 0 Å². The number of benzene rings is 1. The maximum absolute atomic E-state index is 15.3. The predicted octanol–water partition coefficient (Wildman–Crippen LogP) is 6.58. The van der Waals surface area contributed by atoms with Crippen LogP contribution in [0.3, 0.4) is 0 Å². The van der Waals surface area contributed by atoms with E-state index < -0.39 is 51.4 Å². The van der Waals surface area contributed by atoms with Gasteiger partial charge in [-0.1, -0.05) is 67.5 Å². The summed E-state index contributed by atoms with van der Waals surface area (Å²) in [5, 5.41) is 11.9. The van der Waals surface area contributed by atoms with Gasteiger partial charge in [-0.3, -0.25) is 14.4 Å². The van der Waals surface area contributed by atoms with Gasteiger partial charge in [-0.2, -0.15) is 0 Å². The summed E-state index contributed by atoms with van der Waals surface area (Å²) < 4.78 is 12.6. The minimum Gasteiger partial charge on any atom is -0.488 e. The molecule has 1 N–H and O–H groups in total. The van der Waals surface area contributed by atoms with Crippen LogP contribution in [0.1, 0.15) is 91.9 Å². The SMILES string of the molecule is CCOC1C(O)C2=C(OC1(C)C)C1(CC=C(C)C)CC(CC=C(C)C)C(C)(C)C(C(=O)c3ccccc3)(C2=O)C1=O. The van der Waals surface area contributed by atoms with E-state index in [1.165, 1.54) is 0 Å². The zero-order chi connectivity index (χ0) is 30.5. The summed E-state index contributed by atoms with van der Waals surface area (Å²) in [7, 11) is 0. The first kappa shape index (κ1) is 31.1. The largest absolute Gasteiger partial charge is 0.488 e. The molecular weight excluding hydrogens is 516 g/mol. The minimum absolute atomic E-state index is 0.0163. The van der Waals surface area contributed by atoms with Gasteiger partial charge in [0.25, 0.3) is 0 Å². The van der Waals surface area contributed by atoms with E-state index in [1.54, 1.807) is 30.3 Å². The lowest BCUT2D eigenvalue weighted by Gasteiger charge is -2.62. The van der Waals surface area contributed by atoms with Gasteiger partial charge >= 0.3 is 0 Å². The lowest BCUT2D eigenvalue weighted by Crippen LogP contribution is -2.72. The zero-order valence-electron chi connectivity index (χ0n) is 26.1. The smallest absolute Gasteiger partial charge is 0.186 e. The fraction of sp³-hybridized carbons (Fsp3) is 0.571. The molecule has 0 radical (unpaired) electrons. The maximum Gasteiger partial charge on any atom is 0.186 e. The third-order valence-corrected chi connectivity index (χ3v) is 9.65. The van der Waals surface area contributed by atoms with Gasteiger partial charge in [0, 0.05) is 12.2 Å². The van der Waals surface area contributed by atoms with Crippen molar-refractivity contribution in [2.45, 2.75) is 99.4 Å². The number of hydrogen-bond donors (Lipinski definition) is 1. The molecule has 5 unspecified atom stereocenters. The Balaban J connectivity index is 2.13. The number of hydrogen-bond acceptors (Lipinski definition) is 6. The molecule has 2 bridgehead atoms. The molecule has 5 atom stereocenters. The van der Waals surface area contributed by atoms with E-state index in [2.05, 4.69) is 6.08 Å². The number of rotatable bonds is 8. The second kappa shape index (κ2) is 10.8. The van der Waals surface area contributed by atoms with Gasteiger partial charge in [-0.15, -0.1) is 0 Å². The molecule has 0 spiro atoms. The number of ketones is 3. The standard InChI is InChI=1S/C35H46O6/c1-10-40-30-26(36)25-28(38)35(27(37)23-14-12-11-13-15-23)31(39)34(19-18-22(4)5,29(25)41-33(30,8)9)20-24(32(35,6)7)17-16-21(2)3/h11-16,18,24,26,30,36H,10,17,19-20H2,1-9H3. The van der Waals surface area contributed by atoms with E-state index in [-0.39, 0.29) is 23.7 Å². The Morgan fingerprint density at radius 3 is 2.20 bits per heavy atom. The van der Waals surface area contributed by atoms with Crippen molar-refractivity contribution in [3.05, 3.63) is 70.5 Å². The first-order chi connectivity index (χ1) is 19.1. The van der Waals surface area contributed by atoms with E-state index in [1.807, 2.05) is 68.4 Å². The number of aliphatic hydroxyl groups is 1. The van der Waals surface area contributed by atoms with Crippen LogP contribution in [0.5, 0.6) is 0 Å². The third kappa shape index (κ3) is 4.58. The molecule has 1 heterocycles. The molecule has 1 fully saturated rings. The van der Waals surface area contributed by atoms with Crippen LogP contribution in [-0.2, 0) is 19.1 Å². The van der Waals surface area contributed by atoms with Gasteiger partial charge in [0.2, 0.25) is 0 Å². The summed E-state index contributed by atoms with van der Waals surface area (Å²) in [5.41, 5.74) is -2.94. The fourth-order valence-corrected chi connectivity index (χ4v) is 7.33. The van der Waals surface area contributed by atoms with Gasteiger partial charge in [-0.25, -0.2) is 0 Å². The molecular formula is C35H46O6. The summed E-state index contributed by atoms with van der Waals surface area (Å²) >= 11 is 0. The second-order valence-electron chi connectivity index (χ2n) is 13.6. The van der Waals surface area contributed by atoms with Gasteiger partial charge in [0.15, 0.2) is 22.8 Å². The third-order valence-electron chi connectivity index (χ3n) is 9.65. The van der Waals surface area contributed by atoms with Gasteiger partial charge in [0.05, 0.1) is 11.0 Å². The summed E-state index contributed by atoms with van der Waals surface area (Å²) in [6.45, 7) is 17.5. The van der Waals surface area contributed by atoms with Crippen molar-refractivity contribution >= 4 is 17.3 Å². The molecule has 0 saturated heterocycles. The Kier molecular flexibility index (Phi) is 8.18. The van der Waals surface area contributed by atoms with Crippen molar-refractivity contribution in [1.29, 1.82) is 0 Å². The quantitative estimate of drug-likeness (QED) is 0.219. The van der Waals surface area contributed by atoms with E-state index in [0.717, 1.165) is 11.1 Å². The number of carbonyl (C=O) groups is 3. The van der Waals surface area contributed by atoms with E-state index in [0.29, 0.717) is 25.0 Å². The molecule has 6 nitrogen and oxygen atoms in total. The van der Waals surface area contributed by atoms with Crippen LogP contribution < -0.4 is 0 Å². The second-order valence-corrected chi connectivity index (χ2v) is 13.6. The van der Waals surface area contributed by atoms with Gasteiger partial charge in [0.1, 0.15) is 23.6 Å². The predicted molar refractivity (Wildman–Crippen MR) is 159 cm³/mol. The van der Waals surface area contributed by atoms with Crippen molar-refractivity contribution in [2.24, 2.45) is 22.2 Å². The first-order valence-electron chi connectivity index (χ1n) is 14.8. The average molecular weight is 563 g/mol. The lowest BCUT2D eigenvalue weighted by atomic mass is 9.39. The molecule has 41 heavy (non-hydrogen) atoms. The number of carbonyl (C=O) groups excluding carboxylic acids is 3. The molecule has 2 aliphatic carbocycles. The van der Waals surface area contributed by atoms with Crippen molar-refractivity contribution in [1.82, 2.24) is 0 Å². The molecule has 0 amide bonds. The summed E-state index contributed by atoms with van der Waals surface area (Å²) in [6, 6.07) is 8.61. The van der Waals surface area contributed by atoms with E-state index in [9.17, 15) is 9.90 Å². The normalized spacial score (nSPS) is 31.6.